The molecule has 0 saturated carbocycles. The van der Waals surface area contributed by atoms with Gasteiger partial charge < -0.3 is 20.3 Å². The van der Waals surface area contributed by atoms with E-state index in [1.807, 2.05) is 0 Å². The highest BCUT2D eigenvalue weighted by molar-refractivity contribution is 7.91. The molecule has 0 spiro atoms. The molecule has 0 bridgehead atoms. The quantitative estimate of drug-likeness (QED) is 0.577. The Hall–Kier alpha value is -1.68. The molecular formula is C15H22N2O6S. The van der Waals surface area contributed by atoms with Gasteiger partial charge in [-0.1, -0.05) is 12.1 Å². The van der Waals surface area contributed by atoms with Crippen molar-refractivity contribution >= 4 is 21.4 Å². The zero-order valence-electron chi connectivity index (χ0n) is 13.4. The minimum Gasteiger partial charge on any atom is -0.495 e. The number of rotatable bonds is 7. The summed E-state index contributed by atoms with van der Waals surface area (Å²) in [7, 11) is -1.85. The van der Waals surface area contributed by atoms with Crippen molar-refractivity contribution in [2.24, 2.45) is 0 Å². The van der Waals surface area contributed by atoms with Crippen LogP contribution >= 0.6 is 0 Å². The van der Waals surface area contributed by atoms with Gasteiger partial charge in [-0.25, -0.2) is 8.42 Å². The van der Waals surface area contributed by atoms with Crippen LogP contribution in [0.1, 0.15) is 0 Å². The molecule has 1 aromatic carbocycles. The number of carbonyl (C=O) groups is 1. The van der Waals surface area contributed by atoms with E-state index in [0.29, 0.717) is 11.4 Å². The Labute approximate surface area is 141 Å². The van der Waals surface area contributed by atoms with Crippen molar-refractivity contribution in [3.8, 4) is 5.75 Å². The number of nitrogens with zero attached hydrogens (tertiary/aromatic N) is 1. The molecule has 2 rings (SSSR count). The number of sulfone groups is 1. The summed E-state index contributed by atoms with van der Waals surface area (Å²) in [5.74, 6) is -0.434. The molecule has 2 atom stereocenters. The standard InChI is InChI=1S/C15H22N2O6S/c1-23-14-5-3-2-4-11(14)16-15(20)8-17(6-7-18)12-9-24(21,22)10-13(12)19/h2-5,12-13,18-19H,6-10H2,1H3,(H,16,20)/t12-,13-/m1/s1. The lowest BCUT2D eigenvalue weighted by molar-refractivity contribution is -0.118. The Kier molecular flexibility index (Phi) is 6.16. The molecule has 1 amide bonds. The number of benzene rings is 1. The van der Waals surface area contributed by atoms with Gasteiger partial charge in [0.05, 0.1) is 49.6 Å². The van der Waals surface area contributed by atoms with Crippen LogP contribution in [0.25, 0.3) is 0 Å². The van der Waals surface area contributed by atoms with Crippen LogP contribution in [0, 0.1) is 0 Å². The van der Waals surface area contributed by atoms with E-state index in [4.69, 9.17) is 4.74 Å². The summed E-state index contributed by atoms with van der Waals surface area (Å²) in [5.41, 5.74) is 0.494. The highest BCUT2D eigenvalue weighted by Crippen LogP contribution is 2.23. The molecule has 1 saturated heterocycles. The van der Waals surface area contributed by atoms with Crippen LogP contribution in [-0.2, 0) is 14.6 Å². The van der Waals surface area contributed by atoms with Crippen molar-refractivity contribution in [2.75, 3.05) is 43.6 Å². The first-order chi connectivity index (χ1) is 11.4. The number of methoxy groups -OCH3 is 1. The molecule has 0 unspecified atom stereocenters. The number of carbonyl (C=O) groups excluding carboxylic acids is 1. The van der Waals surface area contributed by atoms with Crippen LogP contribution in [0.15, 0.2) is 24.3 Å². The second-order valence-corrected chi connectivity index (χ2v) is 7.81. The Morgan fingerprint density at radius 1 is 1.38 bits per heavy atom. The normalized spacial score (nSPS) is 22.5. The Morgan fingerprint density at radius 2 is 2.08 bits per heavy atom. The number of hydrogen-bond donors (Lipinski definition) is 3. The summed E-state index contributed by atoms with van der Waals surface area (Å²) >= 11 is 0. The Morgan fingerprint density at radius 3 is 2.67 bits per heavy atom. The number of nitrogens with one attached hydrogen (secondary N) is 1. The minimum atomic E-state index is -3.34. The molecule has 1 aliphatic heterocycles. The molecule has 0 aliphatic carbocycles. The van der Waals surface area contributed by atoms with Gasteiger partial charge in [0.1, 0.15) is 5.75 Å². The van der Waals surface area contributed by atoms with E-state index in [-0.39, 0.29) is 37.1 Å². The lowest BCUT2D eigenvalue weighted by Gasteiger charge is -2.28. The van der Waals surface area contributed by atoms with Crippen molar-refractivity contribution in [3.05, 3.63) is 24.3 Å². The lowest BCUT2D eigenvalue weighted by Crippen LogP contribution is -2.47. The lowest BCUT2D eigenvalue weighted by atomic mass is 10.2. The highest BCUT2D eigenvalue weighted by Gasteiger charge is 2.40. The number of hydrogen-bond acceptors (Lipinski definition) is 7. The van der Waals surface area contributed by atoms with E-state index in [1.54, 1.807) is 24.3 Å². The van der Waals surface area contributed by atoms with E-state index < -0.39 is 22.0 Å². The molecule has 3 N–H and O–H groups in total. The van der Waals surface area contributed by atoms with Gasteiger partial charge in [0.25, 0.3) is 0 Å². The zero-order chi connectivity index (χ0) is 17.7. The predicted octanol–water partition coefficient (Wildman–Crippen LogP) is -0.914. The largest absolute Gasteiger partial charge is 0.495 e. The maximum absolute atomic E-state index is 12.3. The molecule has 1 fully saturated rings. The van der Waals surface area contributed by atoms with Crippen molar-refractivity contribution in [1.82, 2.24) is 4.90 Å². The molecule has 1 heterocycles. The van der Waals surface area contributed by atoms with Gasteiger partial charge in [-0.15, -0.1) is 0 Å². The molecule has 1 aliphatic rings. The van der Waals surface area contributed by atoms with E-state index >= 15 is 0 Å². The van der Waals surface area contributed by atoms with Gasteiger partial charge in [-0.3, -0.25) is 9.69 Å². The molecule has 8 nitrogen and oxygen atoms in total. The number of para-hydroxylation sites is 2. The monoisotopic (exact) mass is 358 g/mol. The first kappa shape index (κ1) is 18.7. The summed E-state index contributed by atoms with van der Waals surface area (Å²) in [5, 5.41) is 21.8. The SMILES string of the molecule is COc1ccccc1NC(=O)CN(CCO)[C@@H]1CS(=O)(=O)C[C@H]1O. The van der Waals surface area contributed by atoms with Crippen molar-refractivity contribution in [1.29, 1.82) is 0 Å². The summed E-state index contributed by atoms with van der Waals surface area (Å²) in [4.78, 5) is 13.8. The van der Waals surface area contributed by atoms with Crippen LogP contribution in [-0.4, -0.2) is 79.9 Å². The van der Waals surface area contributed by atoms with Crippen molar-refractivity contribution in [3.63, 3.8) is 0 Å². The van der Waals surface area contributed by atoms with Crippen LogP contribution in [0.5, 0.6) is 5.75 Å². The van der Waals surface area contributed by atoms with Gasteiger partial charge in [0, 0.05) is 6.54 Å². The third kappa shape index (κ3) is 4.67. The molecule has 0 radical (unpaired) electrons. The summed E-state index contributed by atoms with van der Waals surface area (Å²) in [6.07, 6.45) is -1.07. The van der Waals surface area contributed by atoms with Crippen molar-refractivity contribution in [2.45, 2.75) is 12.1 Å². The Balaban J connectivity index is 2.06. The first-order valence-electron chi connectivity index (χ1n) is 7.52. The summed E-state index contributed by atoms with van der Waals surface area (Å²) < 4.78 is 28.5. The van der Waals surface area contributed by atoms with E-state index in [1.165, 1.54) is 12.0 Å². The van der Waals surface area contributed by atoms with E-state index in [9.17, 15) is 23.4 Å². The number of anilines is 1. The topological polar surface area (TPSA) is 116 Å². The summed E-state index contributed by atoms with van der Waals surface area (Å²) in [6, 6.07) is 6.20. The van der Waals surface area contributed by atoms with Gasteiger partial charge in [0.15, 0.2) is 9.84 Å². The van der Waals surface area contributed by atoms with Crippen LogP contribution in [0.2, 0.25) is 0 Å². The number of ether oxygens (including phenoxy) is 1. The maximum Gasteiger partial charge on any atom is 0.238 e. The van der Waals surface area contributed by atoms with Crippen molar-refractivity contribution < 1.29 is 28.2 Å². The number of aliphatic hydroxyl groups excluding tert-OH is 2. The second-order valence-electron chi connectivity index (χ2n) is 5.65. The van der Waals surface area contributed by atoms with Gasteiger partial charge >= 0.3 is 0 Å². The molecule has 9 heteroatoms. The number of amides is 1. The zero-order valence-corrected chi connectivity index (χ0v) is 14.2. The van der Waals surface area contributed by atoms with Gasteiger partial charge in [-0.2, -0.15) is 0 Å². The van der Waals surface area contributed by atoms with E-state index in [0.717, 1.165) is 0 Å². The predicted molar refractivity (Wildman–Crippen MR) is 88.7 cm³/mol. The average molecular weight is 358 g/mol. The van der Waals surface area contributed by atoms with Crippen LogP contribution in [0.3, 0.4) is 0 Å². The van der Waals surface area contributed by atoms with E-state index in [2.05, 4.69) is 5.32 Å². The molecule has 0 aromatic heterocycles. The second kappa shape index (κ2) is 7.93. The minimum absolute atomic E-state index is 0.0938. The van der Waals surface area contributed by atoms with Crippen LogP contribution < -0.4 is 10.1 Å². The first-order valence-corrected chi connectivity index (χ1v) is 9.34. The molecule has 24 heavy (non-hydrogen) atoms. The maximum atomic E-state index is 12.3. The van der Waals surface area contributed by atoms with Gasteiger partial charge in [-0.05, 0) is 12.1 Å². The highest BCUT2D eigenvalue weighted by atomic mass is 32.2. The fraction of sp³-hybridized carbons (Fsp3) is 0.533. The number of aliphatic hydroxyl groups is 2. The average Bonchev–Trinajstić information content (AvgIpc) is 2.80. The third-order valence-electron chi connectivity index (χ3n) is 3.88. The Bertz CT molecular complexity index is 678. The van der Waals surface area contributed by atoms with Crippen LogP contribution in [0.4, 0.5) is 5.69 Å². The molecule has 134 valence electrons. The molecule has 1 aromatic rings. The fourth-order valence-corrected chi connectivity index (χ4v) is 4.60. The molecular weight excluding hydrogens is 336 g/mol. The third-order valence-corrected chi connectivity index (χ3v) is 5.58. The smallest absolute Gasteiger partial charge is 0.238 e. The van der Waals surface area contributed by atoms with Gasteiger partial charge in [0.2, 0.25) is 5.91 Å². The summed E-state index contributed by atoms with van der Waals surface area (Å²) in [6.45, 7) is -0.294. The fourth-order valence-electron chi connectivity index (χ4n) is 2.77.